The lowest BCUT2D eigenvalue weighted by Crippen LogP contribution is -2.61. The maximum Gasteiger partial charge on any atom is 0.341 e. The van der Waals surface area contributed by atoms with E-state index in [0.29, 0.717) is 11.1 Å². The van der Waals surface area contributed by atoms with Crippen LogP contribution in [0.4, 0.5) is 0 Å². The number of rotatable bonds is 6. The first kappa shape index (κ1) is 15.6. The fourth-order valence-corrected chi connectivity index (χ4v) is 1.76. The van der Waals surface area contributed by atoms with E-state index in [1.807, 2.05) is 5.32 Å². The maximum absolute atomic E-state index is 11.3. The number of aliphatic carboxylic acids is 2. The number of hydrogen-bond donors (Lipinski definition) is 4. The summed E-state index contributed by atoms with van der Waals surface area (Å²) in [4.78, 5) is 33.7. The van der Waals surface area contributed by atoms with E-state index in [2.05, 4.69) is 0 Å². The summed E-state index contributed by atoms with van der Waals surface area (Å²) < 4.78 is 0. The van der Waals surface area contributed by atoms with Gasteiger partial charge >= 0.3 is 11.9 Å². The van der Waals surface area contributed by atoms with Gasteiger partial charge < -0.3 is 20.6 Å². The highest BCUT2D eigenvalue weighted by molar-refractivity contribution is 6.06. The number of aliphatic hydroxyl groups is 1. The third kappa shape index (κ3) is 3.33. The summed E-state index contributed by atoms with van der Waals surface area (Å²) in [5.41, 5.74) is -1.38. The van der Waals surface area contributed by atoms with Crippen LogP contribution in [-0.4, -0.2) is 38.7 Å². The summed E-state index contributed by atoms with van der Waals surface area (Å²) in [6, 6.07) is 6.12. The van der Waals surface area contributed by atoms with Crippen molar-refractivity contribution in [2.75, 3.05) is 0 Å². The molecule has 0 saturated heterocycles. The minimum Gasteiger partial charge on any atom is -0.479 e. The van der Waals surface area contributed by atoms with Gasteiger partial charge in [-0.3, -0.25) is 4.79 Å². The van der Waals surface area contributed by atoms with Gasteiger partial charge in [0, 0.05) is 13.3 Å². The first-order chi connectivity index (χ1) is 9.31. The maximum atomic E-state index is 11.3. The smallest absolute Gasteiger partial charge is 0.341 e. The molecule has 7 heteroatoms. The number of carbonyl (C=O) groups is 3. The Kier molecular flexibility index (Phi) is 4.82. The second-order valence-electron chi connectivity index (χ2n) is 4.35. The fourth-order valence-electron chi connectivity index (χ4n) is 1.76. The Hall–Kier alpha value is -2.41. The van der Waals surface area contributed by atoms with E-state index in [-0.39, 0.29) is 6.61 Å². The first-order valence-electron chi connectivity index (χ1n) is 5.76. The topological polar surface area (TPSA) is 124 Å². The van der Waals surface area contributed by atoms with Crippen LogP contribution in [0.15, 0.2) is 24.3 Å². The number of hydrogen-bond acceptors (Lipinski definition) is 4. The van der Waals surface area contributed by atoms with E-state index in [1.165, 1.54) is 12.1 Å². The molecule has 0 unspecified atom stereocenters. The third-order valence-electron chi connectivity index (χ3n) is 2.79. The Labute approximate surface area is 114 Å². The SMILES string of the molecule is CC(=O)NC(Cc1ccc(CO)cc1)(C(=O)O)C(=O)O. The highest BCUT2D eigenvalue weighted by Gasteiger charge is 2.47. The molecule has 0 bridgehead atoms. The van der Waals surface area contributed by atoms with Gasteiger partial charge in [0.2, 0.25) is 11.4 Å². The molecular weight excluding hydrogens is 266 g/mol. The van der Waals surface area contributed by atoms with Gasteiger partial charge in [-0.15, -0.1) is 0 Å². The summed E-state index contributed by atoms with van der Waals surface area (Å²) in [5, 5.41) is 29.2. The minimum absolute atomic E-state index is 0.172. The molecule has 7 nitrogen and oxygen atoms in total. The second kappa shape index (κ2) is 6.16. The number of carboxylic acid groups (broad SMARTS) is 2. The van der Waals surface area contributed by atoms with Gasteiger partial charge in [0.25, 0.3) is 0 Å². The van der Waals surface area contributed by atoms with Crippen molar-refractivity contribution in [2.45, 2.75) is 25.5 Å². The van der Waals surface area contributed by atoms with E-state index >= 15 is 0 Å². The van der Waals surface area contributed by atoms with Gasteiger partial charge in [0.1, 0.15) is 0 Å². The number of benzene rings is 1. The molecule has 0 aromatic heterocycles. The molecule has 1 aromatic rings. The number of carbonyl (C=O) groups excluding carboxylic acids is 1. The molecule has 0 atom stereocenters. The summed E-state index contributed by atoms with van der Waals surface area (Å²) >= 11 is 0. The van der Waals surface area contributed by atoms with Crippen molar-refractivity contribution >= 4 is 17.8 Å². The van der Waals surface area contributed by atoms with Gasteiger partial charge in [-0.05, 0) is 11.1 Å². The minimum atomic E-state index is -2.41. The Balaban J connectivity index is 3.13. The predicted molar refractivity (Wildman–Crippen MR) is 67.9 cm³/mol. The Morgan fingerprint density at radius 2 is 1.50 bits per heavy atom. The van der Waals surface area contributed by atoms with Crippen LogP contribution in [0.5, 0.6) is 0 Å². The van der Waals surface area contributed by atoms with E-state index in [1.54, 1.807) is 12.1 Å². The summed E-state index contributed by atoms with van der Waals surface area (Å²) in [6.07, 6.45) is -0.400. The van der Waals surface area contributed by atoms with Crippen LogP contribution in [0.1, 0.15) is 18.1 Å². The molecule has 0 aliphatic heterocycles. The third-order valence-corrected chi connectivity index (χ3v) is 2.79. The van der Waals surface area contributed by atoms with Crippen molar-refractivity contribution in [1.82, 2.24) is 5.32 Å². The molecule has 108 valence electrons. The van der Waals surface area contributed by atoms with Crippen LogP contribution in [0.25, 0.3) is 0 Å². The Bertz CT molecular complexity index is 508. The van der Waals surface area contributed by atoms with Crippen molar-refractivity contribution in [3.63, 3.8) is 0 Å². The quantitative estimate of drug-likeness (QED) is 0.534. The molecule has 0 heterocycles. The van der Waals surface area contributed by atoms with Crippen molar-refractivity contribution in [3.05, 3.63) is 35.4 Å². The van der Waals surface area contributed by atoms with E-state index in [4.69, 9.17) is 15.3 Å². The lowest BCUT2D eigenvalue weighted by molar-refractivity contribution is -0.161. The van der Waals surface area contributed by atoms with E-state index in [9.17, 15) is 14.4 Å². The standard InChI is InChI=1S/C13H15NO6/c1-8(16)14-13(11(17)18,12(19)20)6-9-2-4-10(7-15)5-3-9/h2-5,15H,6-7H2,1H3,(H,14,16)(H,17,18)(H,19,20). The highest BCUT2D eigenvalue weighted by atomic mass is 16.4. The van der Waals surface area contributed by atoms with Gasteiger partial charge in [0.05, 0.1) is 6.61 Å². The number of nitrogens with one attached hydrogen (secondary N) is 1. The van der Waals surface area contributed by atoms with Gasteiger partial charge in [-0.1, -0.05) is 24.3 Å². The number of carboxylic acids is 2. The normalized spacial score (nSPS) is 10.9. The average Bonchev–Trinajstić information content (AvgIpc) is 2.37. The molecule has 1 aromatic carbocycles. The van der Waals surface area contributed by atoms with Crippen molar-refractivity contribution < 1.29 is 29.7 Å². The van der Waals surface area contributed by atoms with Crippen LogP contribution in [-0.2, 0) is 27.4 Å². The van der Waals surface area contributed by atoms with Crippen LogP contribution in [0, 0.1) is 0 Å². The number of aliphatic hydroxyl groups excluding tert-OH is 1. The molecule has 0 radical (unpaired) electrons. The molecule has 1 amide bonds. The fraction of sp³-hybridized carbons (Fsp3) is 0.308. The van der Waals surface area contributed by atoms with Gasteiger partial charge in [-0.25, -0.2) is 9.59 Å². The summed E-state index contributed by atoms with van der Waals surface area (Å²) in [6.45, 7) is 0.879. The lowest BCUT2D eigenvalue weighted by atomic mass is 9.90. The van der Waals surface area contributed by atoms with Crippen molar-refractivity contribution in [2.24, 2.45) is 0 Å². The van der Waals surface area contributed by atoms with E-state index in [0.717, 1.165) is 6.92 Å². The van der Waals surface area contributed by atoms with Crippen LogP contribution in [0.2, 0.25) is 0 Å². The molecule has 1 rings (SSSR count). The summed E-state index contributed by atoms with van der Waals surface area (Å²) in [7, 11) is 0. The molecule has 0 fully saturated rings. The zero-order chi connectivity index (χ0) is 15.3. The lowest BCUT2D eigenvalue weighted by Gasteiger charge is -2.25. The molecule has 4 N–H and O–H groups in total. The van der Waals surface area contributed by atoms with Crippen LogP contribution in [0.3, 0.4) is 0 Å². The van der Waals surface area contributed by atoms with Crippen molar-refractivity contribution in [3.8, 4) is 0 Å². The average molecular weight is 281 g/mol. The van der Waals surface area contributed by atoms with Crippen LogP contribution < -0.4 is 5.32 Å². The Morgan fingerprint density at radius 1 is 1.05 bits per heavy atom. The van der Waals surface area contributed by atoms with Gasteiger partial charge in [-0.2, -0.15) is 0 Å². The predicted octanol–water partition coefficient (Wildman–Crippen LogP) is -0.235. The zero-order valence-corrected chi connectivity index (χ0v) is 10.8. The largest absolute Gasteiger partial charge is 0.479 e. The van der Waals surface area contributed by atoms with Crippen LogP contribution >= 0.6 is 0 Å². The molecule has 20 heavy (non-hydrogen) atoms. The first-order valence-corrected chi connectivity index (χ1v) is 5.76. The highest BCUT2D eigenvalue weighted by Crippen LogP contribution is 2.16. The van der Waals surface area contributed by atoms with Crippen molar-refractivity contribution in [1.29, 1.82) is 0 Å². The summed E-state index contributed by atoms with van der Waals surface area (Å²) in [5.74, 6) is -4.04. The molecular formula is C13H15NO6. The second-order valence-corrected chi connectivity index (χ2v) is 4.35. The molecule has 0 saturated carbocycles. The van der Waals surface area contributed by atoms with Gasteiger partial charge in [0.15, 0.2) is 0 Å². The van der Waals surface area contributed by atoms with E-state index < -0.39 is 29.8 Å². The molecule has 0 aliphatic carbocycles. The monoisotopic (exact) mass is 281 g/mol. The zero-order valence-electron chi connectivity index (χ0n) is 10.8. The molecule has 0 spiro atoms. The number of amides is 1. The molecule has 0 aliphatic rings. The Morgan fingerprint density at radius 3 is 1.85 bits per heavy atom.